The van der Waals surface area contributed by atoms with Crippen molar-refractivity contribution in [3.63, 3.8) is 0 Å². The molecular formula is C15H16Cl2N2O2. The Hall–Kier alpha value is -1.78. The molecule has 1 aromatic rings. The van der Waals surface area contributed by atoms with Gasteiger partial charge < -0.3 is 10.2 Å². The van der Waals surface area contributed by atoms with Crippen molar-refractivity contribution in [1.29, 1.82) is 0 Å². The van der Waals surface area contributed by atoms with Gasteiger partial charge in [0.1, 0.15) is 0 Å². The molecule has 0 bridgehead atoms. The molecule has 4 nitrogen and oxygen atoms in total. The normalized spacial score (nSPS) is 11.0. The number of anilines is 1. The fraction of sp³-hybridized carbons (Fsp3) is 0.200. The first-order valence-electron chi connectivity index (χ1n) is 6.23. The molecule has 1 N–H and O–H groups in total. The smallest absolute Gasteiger partial charge is 0.246 e. The number of hydrogen-bond acceptors (Lipinski definition) is 2. The van der Waals surface area contributed by atoms with E-state index >= 15 is 0 Å². The third-order valence-corrected chi connectivity index (χ3v) is 3.24. The molecule has 1 aromatic carbocycles. The fourth-order valence-electron chi connectivity index (χ4n) is 1.44. The maximum absolute atomic E-state index is 11.8. The fourth-order valence-corrected chi connectivity index (χ4v) is 1.74. The molecular weight excluding hydrogens is 311 g/mol. The van der Waals surface area contributed by atoms with Gasteiger partial charge in [-0.3, -0.25) is 9.59 Å². The van der Waals surface area contributed by atoms with E-state index in [0.717, 1.165) is 0 Å². The summed E-state index contributed by atoms with van der Waals surface area (Å²) in [7, 11) is 1.55. The van der Waals surface area contributed by atoms with Crippen LogP contribution in [0.25, 0.3) is 0 Å². The Morgan fingerprint density at radius 3 is 2.57 bits per heavy atom. The zero-order valence-corrected chi connectivity index (χ0v) is 13.3. The van der Waals surface area contributed by atoms with Crippen molar-refractivity contribution in [3.8, 4) is 0 Å². The zero-order chi connectivity index (χ0) is 15.8. The van der Waals surface area contributed by atoms with Crippen molar-refractivity contribution in [2.24, 2.45) is 0 Å². The van der Waals surface area contributed by atoms with Gasteiger partial charge in [0.05, 0.1) is 16.6 Å². The highest BCUT2D eigenvalue weighted by Gasteiger charge is 2.11. The molecule has 21 heavy (non-hydrogen) atoms. The van der Waals surface area contributed by atoms with E-state index in [2.05, 4.69) is 5.32 Å². The van der Waals surface area contributed by atoms with Gasteiger partial charge in [0.2, 0.25) is 11.8 Å². The third kappa shape index (κ3) is 6.02. The number of carbonyl (C=O) groups excluding carboxylic acids is 2. The summed E-state index contributed by atoms with van der Waals surface area (Å²) in [5, 5.41) is 3.42. The first-order chi connectivity index (χ1) is 9.93. The number of nitrogens with zero attached hydrogens (tertiary/aromatic N) is 1. The Kier molecular flexibility index (Phi) is 6.99. The molecule has 0 fully saturated rings. The first-order valence-corrected chi connectivity index (χ1v) is 6.99. The summed E-state index contributed by atoms with van der Waals surface area (Å²) in [6.07, 6.45) is 6.56. The summed E-state index contributed by atoms with van der Waals surface area (Å²) >= 11 is 11.7. The average molecular weight is 327 g/mol. The molecule has 0 heterocycles. The second-order valence-electron chi connectivity index (χ2n) is 4.26. The minimum absolute atomic E-state index is 0.0563. The largest absolute Gasteiger partial charge is 0.333 e. The van der Waals surface area contributed by atoms with Gasteiger partial charge >= 0.3 is 0 Å². The number of amides is 2. The van der Waals surface area contributed by atoms with Gasteiger partial charge in [0, 0.05) is 18.8 Å². The van der Waals surface area contributed by atoms with E-state index < -0.39 is 0 Å². The van der Waals surface area contributed by atoms with Gasteiger partial charge in [-0.2, -0.15) is 0 Å². The average Bonchev–Trinajstić information content (AvgIpc) is 2.43. The minimum Gasteiger partial charge on any atom is -0.333 e. The van der Waals surface area contributed by atoms with E-state index in [1.54, 1.807) is 43.5 Å². The molecule has 0 spiro atoms. The molecule has 0 atom stereocenters. The first kappa shape index (κ1) is 17.3. The van der Waals surface area contributed by atoms with Gasteiger partial charge in [0.25, 0.3) is 0 Å². The third-order valence-electron chi connectivity index (χ3n) is 2.50. The van der Waals surface area contributed by atoms with Gasteiger partial charge in [-0.25, -0.2) is 0 Å². The van der Waals surface area contributed by atoms with Crippen LogP contribution in [0.4, 0.5) is 5.69 Å². The molecule has 0 aliphatic rings. The van der Waals surface area contributed by atoms with Crippen LogP contribution < -0.4 is 5.32 Å². The summed E-state index contributed by atoms with van der Waals surface area (Å²) in [5.74, 6) is -0.568. The lowest BCUT2D eigenvalue weighted by atomic mass is 10.3. The molecule has 0 aromatic heterocycles. The van der Waals surface area contributed by atoms with Crippen LogP contribution in [0.15, 0.2) is 42.5 Å². The SMILES string of the molecule is C/C=C/C=C/C(=O)N(C)CC(=O)Nc1ccc(Cl)c(Cl)c1. The summed E-state index contributed by atoms with van der Waals surface area (Å²) in [6, 6.07) is 4.78. The van der Waals surface area contributed by atoms with Crippen molar-refractivity contribution < 1.29 is 9.59 Å². The topological polar surface area (TPSA) is 49.4 Å². The Bertz CT molecular complexity index is 583. The highest BCUT2D eigenvalue weighted by Crippen LogP contribution is 2.24. The summed E-state index contributed by atoms with van der Waals surface area (Å²) in [4.78, 5) is 24.8. The van der Waals surface area contributed by atoms with E-state index in [0.29, 0.717) is 15.7 Å². The van der Waals surface area contributed by atoms with E-state index in [9.17, 15) is 9.59 Å². The number of allylic oxidation sites excluding steroid dienone is 3. The second-order valence-corrected chi connectivity index (χ2v) is 5.07. The summed E-state index contributed by atoms with van der Waals surface area (Å²) < 4.78 is 0. The summed E-state index contributed by atoms with van der Waals surface area (Å²) in [6.45, 7) is 1.79. The molecule has 1 rings (SSSR count). The molecule has 0 saturated heterocycles. The molecule has 0 aliphatic heterocycles. The maximum atomic E-state index is 11.8. The van der Waals surface area contributed by atoms with Crippen LogP contribution in [0.5, 0.6) is 0 Å². The standard InChI is InChI=1S/C15H16Cl2N2O2/c1-3-4-5-6-15(21)19(2)10-14(20)18-11-7-8-12(16)13(17)9-11/h3-9H,10H2,1-2H3,(H,18,20)/b4-3+,6-5+. The van der Waals surface area contributed by atoms with Gasteiger partial charge in [-0.15, -0.1) is 0 Å². The van der Waals surface area contributed by atoms with Crippen LogP contribution >= 0.6 is 23.2 Å². The number of hydrogen-bond donors (Lipinski definition) is 1. The Balaban J connectivity index is 2.56. The van der Waals surface area contributed by atoms with Gasteiger partial charge in [-0.1, -0.05) is 41.4 Å². The van der Waals surface area contributed by atoms with Crippen LogP contribution in [0, 0.1) is 0 Å². The molecule has 112 valence electrons. The van der Waals surface area contributed by atoms with Crippen molar-refractivity contribution in [3.05, 3.63) is 52.5 Å². The van der Waals surface area contributed by atoms with E-state index in [1.165, 1.54) is 11.0 Å². The van der Waals surface area contributed by atoms with Gasteiger partial charge in [-0.05, 0) is 25.1 Å². The van der Waals surface area contributed by atoms with Gasteiger partial charge in [0.15, 0.2) is 0 Å². The molecule has 0 aliphatic carbocycles. The number of carbonyl (C=O) groups is 2. The van der Waals surface area contributed by atoms with Crippen LogP contribution in [-0.4, -0.2) is 30.3 Å². The predicted octanol–water partition coefficient (Wildman–Crippen LogP) is 3.52. The van der Waals surface area contributed by atoms with Crippen LogP contribution in [0.2, 0.25) is 10.0 Å². The zero-order valence-electron chi connectivity index (χ0n) is 11.8. The van der Waals surface area contributed by atoms with Crippen molar-refractivity contribution in [1.82, 2.24) is 4.90 Å². The highest BCUT2D eigenvalue weighted by atomic mass is 35.5. The Morgan fingerprint density at radius 2 is 1.95 bits per heavy atom. The summed E-state index contributed by atoms with van der Waals surface area (Å²) in [5.41, 5.74) is 0.528. The molecule has 0 unspecified atom stereocenters. The van der Waals surface area contributed by atoms with E-state index in [4.69, 9.17) is 23.2 Å². The van der Waals surface area contributed by atoms with Crippen molar-refractivity contribution in [2.75, 3.05) is 18.9 Å². The Labute approximate surface area is 134 Å². The second kappa shape index (κ2) is 8.49. The lowest BCUT2D eigenvalue weighted by molar-refractivity contribution is -0.129. The monoisotopic (exact) mass is 326 g/mol. The van der Waals surface area contributed by atoms with E-state index in [-0.39, 0.29) is 18.4 Å². The lowest BCUT2D eigenvalue weighted by Gasteiger charge is -2.14. The van der Waals surface area contributed by atoms with E-state index in [1.807, 2.05) is 6.92 Å². The minimum atomic E-state index is -0.316. The number of rotatable bonds is 5. The Morgan fingerprint density at radius 1 is 1.24 bits per heavy atom. The lowest BCUT2D eigenvalue weighted by Crippen LogP contribution is -2.33. The molecule has 0 saturated carbocycles. The highest BCUT2D eigenvalue weighted by molar-refractivity contribution is 6.42. The number of halogens is 2. The van der Waals surface area contributed by atoms with Crippen molar-refractivity contribution >= 4 is 40.7 Å². The van der Waals surface area contributed by atoms with Crippen LogP contribution in [0.3, 0.4) is 0 Å². The molecule has 0 radical (unpaired) electrons. The number of benzene rings is 1. The van der Waals surface area contributed by atoms with Crippen LogP contribution in [-0.2, 0) is 9.59 Å². The maximum Gasteiger partial charge on any atom is 0.246 e. The predicted molar refractivity (Wildman–Crippen MR) is 86.7 cm³/mol. The number of likely N-dealkylation sites (N-methyl/N-ethyl adjacent to an activating group) is 1. The number of nitrogens with one attached hydrogen (secondary N) is 1. The molecule has 2 amide bonds. The molecule has 6 heteroatoms. The van der Waals surface area contributed by atoms with Crippen molar-refractivity contribution in [2.45, 2.75) is 6.92 Å². The van der Waals surface area contributed by atoms with Crippen LogP contribution in [0.1, 0.15) is 6.92 Å². The quantitative estimate of drug-likeness (QED) is 0.664.